The second-order valence-corrected chi connectivity index (χ2v) is 15.3. The number of allylic oxidation sites excluding steroid dienone is 1. The Labute approximate surface area is 102 Å². The first-order valence-corrected chi connectivity index (χ1v) is 12.5. The second-order valence-electron chi connectivity index (χ2n) is 5.85. The summed E-state index contributed by atoms with van der Waals surface area (Å²) >= 11 is 0. The van der Waals surface area contributed by atoms with Crippen LogP contribution in [-0.2, 0) is 0 Å². The summed E-state index contributed by atoms with van der Waals surface area (Å²) in [5.74, 6) is 6.05. The zero-order valence-electron chi connectivity index (χ0n) is 11.2. The molecule has 0 atom stereocenters. The van der Waals surface area contributed by atoms with Crippen LogP contribution in [0.2, 0.25) is 39.3 Å². The Morgan fingerprint density at radius 3 is 1.88 bits per heavy atom. The van der Waals surface area contributed by atoms with Gasteiger partial charge in [-0.1, -0.05) is 51.1 Å². The summed E-state index contributed by atoms with van der Waals surface area (Å²) in [5.41, 5.74) is 7.18. The van der Waals surface area contributed by atoms with Gasteiger partial charge >= 0.3 is 0 Å². The Morgan fingerprint density at radius 2 is 1.50 bits per heavy atom. The van der Waals surface area contributed by atoms with Crippen LogP contribution < -0.4 is 0 Å². The van der Waals surface area contributed by atoms with Crippen molar-refractivity contribution in [3.05, 3.63) is 11.6 Å². The number of aliphatic hydroxyl groups excluding tert-OH is 1. The Bertz CT molecular complexity index is 373. The van der Waals surface area contributed by atoms with Crippen molar-refractivity contribution in [3.8, 4) is 22.9 Å². The van der Waals surface area contributed by atoms with Gasteiger partial charge in [-0.25, -0.2) is 0 Å². The Morgan fingerprint density at radius 1 is 1.00 bits per heavy atom. The van der Waals surface area contributed by atoms with Crippen molar-refractivity contribution in [2.45, 2.75) is 39.3 Å². The van der Waals surface area contributed by atoms with E-state index >= 15 is 0 Å². The van der Waals surface area contributed by atoms with Crippen LogP contribution in [0.5, 0.6) is 0 Å². The van der Waals surface area contributed by atoms with Gasteiger partial charge in [-0.3, -0.25) is 0 Å². The van der Waals surface area contributed by atoms with Crippen molar-refractivity contribution in [2.75, 3.05) is 6.61 Å². The SMILES string of the molecule is C[Si](C)(C)C#C/C=C(\C#C[Si](C)(C)C)CO. The first kappa shape index (κ1) is 15.3. The van der Waals surface area contributed by atoms with Crippen LogP contribution in [0.25, 0.3) is 0 Å². The fraction of sp³-hybridized carbons (Fsp3) is 0.538. The van der Waals surface area contributed by atoms with E-state index in [-0.39, 0.29) is 6.61 Å². The number of hydrogen-bond acceptors (Lipinski definition) is 1. The summed E-state index contributed by atoms with van der Waals surface area (Å²) in [6.07, 6.45) is 1.76. The van der Waals surface area contributed by atoms with Crippen molar-refractivity contribution >= 4 is 16.1 Å². The third kappa shape index (κ3) is 9.80. The lowest BCUT2D eigenvalue weighted by Crippen LogP contribution is -2.16. The van der Waals surface area contributed by atoms with Crippen LogP contribution in [0, 0.1) is 22.9 Å². The maximum Gasteiger partial charge on any atom is 0.129 e. The molecule has 0 saturated carbocycles. The number of hydrogen-bond donors (Lipinski definition) is 1. The van der Waals surface area contributed by atoms with Crippen LogP contribution in [0.1, 0.15) is 0 Å². The van der Waals surface area contributed by atoms with Crippen LogP contribution >= 0.6 is 0 Å². The molecule has 3 heteroatoms. The van der Waals surface area contributed by atoms with Crippen LogP contribution in [0.3, 0.4) is 0 Å². The van der Waals surface area contributed by atoms with Gasteiger partial charge in [0.1, 0.15) is 16.1 Å². The lowest BCUT2D eigenvalue weighted by molar-refractivity contribution is 0.336. The fourth-order valence-corrected chi connectivity index (χ4v) is 1.77. The normalized spacial score (nSPS) is 12.3. The van der Waals surface area contributed by atoms with E-state index in [9.17, 15) is 0 Å². The molecule has 0 fully saturated rings. The largest absolute Gasteiger partial charge is 0.391 e. The van der Waals surface area contributed by atoms with E-state index in [0.29, 0.717) is 0 Å². The minimum atomic E-state index is -1.36. The monoisotopic (exact) mass is 250 g/mol. The molecule has 0 aromatic heterocycles. The van der Waals surface area contributed by atoms with Gasteiger partial charge in [0.25, 0.3) is 0 Å². The second kappa shape index (κ2) is 6.10. The summed E-state index contributed by atoms with van der Waals surface area (Å²) in [6.45, 7) is 13.1. The highest BCUT2D eigenvalue weighted by Gasteiger charge is 2.08. The molecule has 0 unspecified atom stereocenters. The first-order chi connectivity index (χ1) is 7.14. The number of rotatable bonds is 1. The zero-order valence-corrected chi connectivity index (χ0v) is 13.2. The molecule has 88 valence electrons. The minimum absolute atomic E-state index is 0.0160. The molecule has 0 spiro atoms. The van der Waals surface area contributed by atoms with Gasteiger partial charge in [-0.2, -0.15) is 0 Å². The molecule has 16 heavy (non-hydrogen) atoms. The van der Waals surface area contributed by atoms with Gasteiger partial charge < -0.3 is 5.11 Å². The lowest BCUT2D eigenvalue weighted by Gasteiger charge is -2.04. The van der Waals surface area contributed by atoms with Gasteiger partial charge in [-0.05, 0) is 0 Å². The molecular formula is C13H22OSi2. The van der Waals surface area contributed by atoms with Gasteiger partial charge in [0, 0.05) is 11.6 Å². The van der Waals surface area contributed by atoms with Crippen molar-refractivity contribution < 1.29 is 5.11 Å². The van der Waals surface area contributed by atoms with Crippen LogP contribution in [0.15, 0.2) is 11.6 Å². The molecule has 0 aliphatic heterocycles. The predicted molar refractivity (Wildman–Crippen MR) is 77.4 cm³/mol. The summed E-state index contributed by atoms with van der Waals surface area (Å²) in [4.78, 5) is 0. The van der Waals surface area contributed by atoms with Gasteiger partial charge in [0.15, 0.2) is 0 Å². The summed E-state index contributed by atoms with van der Waals surface area (Å²) in [7, 11) is -2.69. The van der Waals surface area contributed by atoms with E-state index in [0.717, 1.165) is 5.57 Å². The molecule has 0 aliphatic carbocycles. The standard InChI is InChI=1S/C13H22OSi2/c1-15(2,3)10-7-8-13(12-14)9-11-16(4,5)6/h8,14H,12H2,1-6H3/b13-8+. The van der Waals surface area contributed by atoms with E-state index in [2.05, 4.69) is 62.2 Å². The number of aliphatic hydroxyl groups is 1. The van der Waals surface area contributed by atoms with E-state index < -0.39 is 16.1 Å². The van der Waals surface area contributed by atoms with E-state index in [1.807, 2.05) is 0 Å². The summed E-state index contributed by atoms with van der Waals surface area (Å²) < 4.78 is 0. The smallest absolute Gasteiger partial charge is 0.129 e. The average molecular weight is 250 g/mol. The average Bonchev–Trinajstić information content (AvgIpc) is 2.07. The molecule has 0 aliphatic rings. The molecule has 0 bridgehead atoms. The van der Waals surface area contributed by atoms with Crippen molar-refractivity contribution in [1.29, 1.82) is 0 Å². The Kier molecular flexibility index (Phi) is 5.82. The molecule has 0 aromatic rings. The van der Waals surface area contributed by atoms with Crippen molar-refractivity contribution in [2.24, 2.45) is 0 Å². The zero-order chi connectivity index (χ0) is 12.8. The third-order valence-electron chi connectivity index (χ3n) is 1.46. The molecule has 0 heterocycles. The summed E-state index contributed by atoms with van der Waals surface area (Å²) in [5, 5.41) is 9.14. The fourth-order valence-electron chi connectivity index (χ4n) is 0.729. The van der Waals surface area contributed by atoms with Crippen LogP contribution in [-0.4, -0.2) is 27.9 Å². The summed E-state index contributed by atoms with van der Waals surface area (Å²) in [6, 6.07) is 0. The van der Waals surface area contributed by atoms with E-state index in [4.69, 9.17) is 5.11 Å². The molecule has 0 rings (SSSR count). The van der Waals surface area contributed by atoms with Gasteiger partial charge in [0.05, 0.1) is 6.61 Å². The quantitative estimate of drug-likeness (QED) is 0.560. The van der Waals surface area contributed by atoms with E-state index in [1.165, 1.54) is 0 Å². The first-order valence-electron chi connectivity index (χ1n) is 5.50. The predicted octanol–water partition coefficient (Wildman–Crippen LogP) is 2.67. The molecule has 1 nitrogen and oxygen atoms in total. The van der Waals surface area contributed by atoms with Crippen LogP contribution in [0.4, 0.5) is 0 Å². The van der Waals surface area contributed by atoms with Gasteiger partial charge in [-0.15, -0.1) is 11.1 Å². The highest BCUT2D eigenvalue weighted by Crippen LogP contribution is 1.99. The maximum atomic E-state index is 9.14. The third-order valence-corrected chi connectivity index (χ3v) is 3.23. The Hall–Kier alpha value is -0.746. The Balaban J connectivity index is 4.79. The molecule has 0 aromatic carbocycles. The highest BCUT2D eigenvalue weighted by molar-refractivity contribution is 6.84. The molecule has 0 radical (unpaired) electrons. The van der Waals surface area contributed by atoms with Gasteiger partial charge in [0.2, 0.25) is 0 Å². The highest BCUT2D eigenvalue weighted by atomic mass is 28.3. The molecule has 1 N–H and O–H groups in total. The minimum Gasteiger partial charge on any atom is -0.391 e. The topological polar surface area (TPSA) is 20.2 Å². The van der Waals surface area contributed by atoms with Crippen molar-refractivity contribution in [1.82, 2.24) is 0 Å². The molecule has 0 amide bonds. The van der Waals surface area contributed by atoms with E-state index in [1.54, 1.807) is 6.08 Å². The van der Waals surface area contributed by atoms with Crippen molar-refractivity contribution in [3.63, 3.8) is 0 Å². The maximum absolute atomic E-state index is 9.14. The molecular weight excluding hydrogens is 228 g/mol. The lowest BCUT2D eigenvalue weighted by atomic mass is 10.3. The molecule has 0 saturated heterocycles.